The van der Waals surface area contributed by atoms with Crippen LogP contribution in [-0.2, 0) is 4.79 Å². The number of carbonyl (C=O) groups excluding carboxylic acids is 2. The second-order valence-electron chi connectivity index (χ2n) is 5.52. The highest BCUT2D eigenvalue weighted by atomic mass is 16.2. The van der Waals surface area contributed by atoms with E-state index in [4.69, 9.17) is 5.73 Å². The molecule has 5 heteroatoms. The van der Waals surface area contributed by atoms with E-state index in [1.807, 2.05) is 62.4 Å². The molecule has 0 saturated heterocycles. The van der Waals surface area contributed by atoms with Gasteiger partial charge < -0.3 is 16.4 Å². The number of aryl methyl sites for hydroxylation is 2. The van der Waals surface area contributed by atoms with Crippen molar-refractivity contribution in [1.82, 2.24) is 5.32 Å². The van der Waals surface area contributed by atoms with Crippen molar-refractivity contribution in [2.45, 2.75) is 26.3 Å². The summed E-state index contributed by atoms with van der Waals surface area (Å²) in [5.74, 6) is -0.184. The van der Waals surface area contributed by atoms with Crippen molar-refractivity contribution in [3.8, 4) is 0 Å². The number of anilines is 1. The van der Waals surface area contributed by atoms with Gasteiger partial charge in [-0.3, -0.25) is 4.79 Å². The Bertz CT molecular complexity index is 699. The summed E-state index contributed by atoms with van der Waals surface area (Å²) in [5, 5.41) is 5.46. The van der Waals surface area contributed by atoms with E-state index in [-0.39, 0.29) is 12.3 Å². The summed E-state index contributed by atoms with van der Waals surface area (Å²) >= 11 is 0. The Morgan fingerprint density at radius 1 is 1.04 bits per heavy atom. The maximum absolute atomic E-state index is 12.3. The molecule has 1 atom stereocenters. The Morgan fingerprint density at radius 3 is 2.35 bits per heavy atom. The van der Waals surface area contributed by atoms with Crippen LogP contribution in [0.2, 0.25) is 0 Å². The molecule has 2 rings (SSSR count). The van der Waals surface area contributed by atoms with Gasteiger partial charge in [-0.05, 0) is 42.7 Å². The van der Waals surface area contributed by atoms with Gasteiger partial charge in [-0.25, -0.2) is 4.79 Å². The zero-order valence-electron chi connectivity index (χ0n) is 13.3. The minimum atomic E-state index is -0.655. The Balaban J connectivity index is 2.08. The van der Waals surface area contributed by atoms with Crippen molar-refractivity contribution in [3.63, 3.8) is 0 Å². The van der Waals surface area contributed by atoms with Gasteiger partial charge in [-0.15, -0.1) is 0 Å². The Kier molecular flexibility index (Phi) is 5.36. The summed E-state index contributed by atoms with van der Waals surface area (Å²) in [6.07, 6.45) is 0.111. The average molecular weight is 311 g/mol. The molecule has 0 heterocycles. The third-order valence-electron chi connectivity index (χ3n) is 3.70. The molecule has 0 saturated carbocycles. The zero-order valence-corrected chi connectivity index (χ0v) is 13.3. The lowest BCUT2D eigenvalue weighted by Crippen LogP contribution is -2.35. The van der Waals surface area contributed by atoms with E-state index in [2.05, 4.69) is 10.6 Å². The van der Waals surface area contributed by atoms with Gasteiger partial charge in [0.15, 0.2) is 0 Å². The molecule has 23 heavy (non-hydrogen) atoms. The number of hydrogen-bond acceptors (Lipinski definition) is 2. The van der Waals surface area contributed by atoms with E-state index < -0.39 is 12.1 Å². The maximum atomic E-state index is 12.3. The Morgan fingerprint density at radius 2 is 1.74 bits per heavy atom. The second kappa shape index (κ2) is 7.45. The standard InChI is InChI=1S/C18H21N3O2/c1-12-8-9-15(10-13(12)2)20-17(22)11-16(21-18(19)23)14-6-4-3-5-7-14/h3-10,16H,11H2,1-2H3,(H,20,22)(H3,19,21,23). The van der Waals surface area contributed by atoms with E-state index in [0.29, 0.717) is 0 Å². The molecule has 0 bridgehead atoms. The molecule has 4 N–H and O–H groups in total. The first-order chi connectivity index (χ1) is 11.0. The summed E-state index contributed by atoms with van der Waals surface area (Å²) in [5.41, 5.74) is 9.06. The van der Waals surface area contributed by atoms with Gasteiger partial charge in [0.2, 0.25) is 5.91 Å². The average Bonchev–Trinajstić information content (AvgIpc) is 2.51. The first-order valence-corrected chi connectivity index (χ1v) is 7.43. The fraction of sp³-hybridized carbons (Fsp3) is 0.222. The second-order valence-corrected chi connectivity index (χ2v) is 5.52. The molecule has 3 amide bonds. The number of benzene rings is 2. The highest BCUT2D eigenvalue weighted by molar-refractivity contribution is 5.91. The normalized spacial score (nSPS) is 11.6. The van der Waals surface area contributed by atoms with E-state index in [1.165, 1.54) is 5.56 Å². The molecule has 1 unspecified atom stereocenters. The van der Waals surface area contributed by atoms with Gasteiger partial charge in [0.25, 0.3) is 0 Å². The summed E-state index contributed by atoms with van der Waals surface area (Å²) in [4.78, 5) is 23.5. The monoisotopic (exact) mass is 311 g/mol. The molecule has 0 aliphatic rings. The van der Waals surface area contributed by atoms with Crippen molar-refractivity contribution in [2.75, 3.05) is 5.32 Å². The summed E-state index contributed by atoms with van der Waals surface area (Å²) < 4.78 is 0. The molecule has 0 spiro atoms. The van der Waals surface area contributed by atoms with Crippen LogP contribution in [0.15, 0.2) is 48.5 Å². The van der Waals surface area contributed by atoms with Gasteiger partial charge in [0, 0.05) is 5.69 Å². The maximum Gasteiger partial charge on any atom is 0.312 e. The molecule has 0 fully saturated rings. The van der Waals surface area contributed by atoms with Crippen LogP contribution < -0.4 is 16.4 Å². The fourth-order valence-electron chi connectivity index (χ4n) is 2.33. The van der Waals surface area contributed by atoms with Gasteiger partial charge in [-0.2, -0.15) is 0 Å². The molecule has 0 aliphatic carbocycles. The fourth-order valence-corrected chi connectivity index (χ4v) is 2.33. The topological polar surface area (TPSA) is 84.2 Å². The van der Waals surface area contributed by atoms with Crippen LogP contribution in [0.25, 0.3) is 0 Å². The molecule has 5 nitrogen and oxygen atoms in total. The lowest BCUT2D eigenvalue weighted by atomic mass is 10.0. The van der Waals surface area contributed by atoms with Crippen molar-refractivity contribution < 1.29 is 9.59 Å². The molecular weight excluding hydrogens is 290 g/mol. The quantitative estimate of drug-likeness (QED) is 0.793. The molecule has 2 aromatic carbocycles. The summed E-state index contributed by atoms with van der Waals surface area (Å²) in [6, 6.07) is 13.9. The van der Waals surface area contributed by atoms with Crippen molar-refractivity contribution >= 4 is 17.6 Å². The van der Waals surface area contributed by atoms with Gasteiger partial charge in [0.05, 0.1) is 12.5 Å². The van der Waals surface area contributed by atoms with Gasteiger partial charge >= 0.3 is 6.03 Å². The third-order valence-corrected chi connectivity index (χ3v) is 3.70. The summed E-state index contributed by atoms with van der Waals surface area (Å²) in [7, 11) is 0. The molecule has 0 aromatic heterocycles. The number of nitrogens with one attached hydrogen (secondary N) is 2. The van der Waals surface area contributed by atoms with E-state index >= 15 is 0 Å². The van der Waals surface area contributed by atoms with E-state index in [0.717, 1.165) is 16.8 Å². The molecule has 120 valence electrons. The van der Waals surface area contributed by atoms with Crippen LogP contribution in [-0.4, -0.2) is 11.9 Å². The third kappa shape index (κ3) is 4.85. The van der Waals surface area contributed by atoms with Crippen LogP contribution in [0.3, 0.4) is 0 Å². The number of nitrogens with two attached hydrogens (primary N) is 1. The Labute approximate surface area is 135 Å². The number of primary amides is 1. The molecule has 0 radical (unpaired) electrons. The lowest BCUT2D eigenvalue weighted by Gasteiger charge is -2.18. The number of urea groups is 1. The minimum Gasteiger partial charge on any atom is -0.352 e. The Hall–Kier alpha value is -2.82. The molecule has 0 aliphatic heterocycles. The van der Waals surface area contributed by atoms with Gasteiger partial charge in [0.1, 0.15) is 0 Å². The molecule has 2 aromatic rings. The summed E-state index contributed by atoms with van der Waals surface area (Å²) in [6.45, 7) is 4.01. The van der Waals surface area contributed by atoms with Crippen molar-refractivity contribution in [2.24, 2.45) is 5.73 Å². The number of amides is 3. The van der Waals surface area contributed by atoms with E-state index in [9.17, 15) is 9.59 Å². The van der Waals surface area contributed by atoms with Crippen LogP contribution in [0.5, 0.6) is 0 Å². The van der Waals surface area contributed by atoms with Crippen molar-refractivity contribution in [3.05, 3.63) is 65.2 Å². The molecular formula is C18H21N3O2. The van der Waals surface area contributed by atoms with E-state index in [1.54, 1.807) is 0 Å². The van der Waals surface area contributed by atoms with Crippen molar-refractivity contribution in [1.29, 1.82) is 0 Å². The van der Waals surface area contributed by atoms with Crippen LogP contribution in [0, 0.1) is 13.8 Å². The minimum absolute atomic E-state index is 0.111. The lowest BCUT2D eigenvalue weighted by molar-refractivity contribution is -0.116. The highest BCUT2D eigenvalue weighted by Gasteiger charge is 2.17. The highest BCUT2D eigenvalue weighted by Crippen LogP contribution is 2.19. The van der Waals surface area contributed by atoms with Crippen LogP contribution in [0.1, 0.15) is 29.2 Å². The number of hydrogen-bond donors (Lipinski definition) is 3. The largest absolute Gasteiger partial charge is 0.352 e. The zero-order chi connectivity index (χ0) is 16.8. The smallest absolute Gasteiger partial charge is 0.312 e. The van der Waals surface area contributed by atoms with Crippen LogP contribution in [0.4, 0.5) is 10.5 Å². The first-order valence-electron chi connectivity index (χ1n) is 7.43. The SMILES string of the molecule is Cc1ccc(NC(=O)CC(NC(N)=O)c2ccccc2)cc1C. The van der Waals surface area contributed by atoms with Gasteiger partial charge in [-0.1, -0.05) is 36.4 Å². The number of carbonyl (C=O) groups is 2. The van der Waals surface area contributed by atoms with Crippen LogP contribution >= 0.6 is 0 Å². The predicted molar refractivity (Wildman–Crippen MR) is 91.1 cm³/mol. The predicted octanol–water partition coefficient (Wildman–Crippen LogP) is 3.04. The number of rotatable bonds is 5. The first kappa shape index (κ1) is 16.5.